The standard InChI is InChI=1S/C25H31N3O3S2/c1-3-15-8-9-18-20(11-15)33-23(22(18)24(30)31-4-2)26-25(32)27-12-16-10-17(14-27)19-6-5-7-21(29)28(19)13-16/h5-7,15-17H,3-4,8-14H2,1-2H3,(H,26,32)/t15-,16+,17+/m1/s1. The molecule has 3 atom stereocenters. The van der Waals surface area contributed by atoms with Crippen molar-refractivity contribution in [1.29, 1.82) is 0 Å². The van der Waals surface area contributed by atoms with Crippen LogP contribution in [0.4, 0.5) is 5.00 Å². The molecule has 33 heavy (non-hydrogen) atoms. The van der Waals surface area contributed by atoms with E-state index in [1.54, 1.807) is 17.4 Å². The molecule has 5 rings (SSSR count). The highest BCUT2D eigenvalue weighted by Gasteiger charge is 2.36. The Kier molecular flexibility index (Phi) is 6.31. The Labute approximate surface area is 203 Å². The first kappa shape index (κ1) is 22.6. The smallest absolute Gasteiger partial charge is 0.341 e. The third kappa shape index (κ3) is 4.23. The summed E-state index contributed by atoms with van der Waals surface area (Å²) in [6.45, 7) is 6.79. The number of aromatic nitrogens is 1. The first-order valence-electron chi connectivity index (χ1n) is 12.1. The molecule has 176 valence electrons. The average Bonchev–Trinajstić information content (AvgIpc) is 3.16. The molecule has 8 heteroatoms. The molecule has 4 heterocycles. The summed E-state index contributed by atoms with van der Waals surface area (Å²) >= 11 is 7.52. The summed E-state index contributed by atoms with van der Waals surface area (Å²) in [6, 6.07) is 5.57. The number of nitrogens with one attached hydrogen (secondary N) is 1. The largest absolute Gasteiger partial charge is 0.462 e. The van der Waals surface area contributed by atoms with Gasteiger partial charge in [-0.3, -0.25) is 4.79 Å². The molecule has 1 aliphatic carbocycles. The van der Waals surface area contributed by atoms with Crippen molar-refractivity contribution in [2.75, 3.05) is 25.0 Å². The molecule has 0 spiro atoms. The summed E-state index contributed by atoms with van der Waals surface area (Å²) in [5.74, 6) is 1.11. The fourth-order valence-electron chi connectivity index (χ4n) is 5.75. The van der Waals surface area contributed by atoms with Crippen molar-refractivity contribution in [2.45, 2.75) is 58.4 Å². The summed E-state index contributed by atoms with van der Waals surface area (Å²) in [5.41, 5.74) is 3.03. The fraction of sp³-hybridized carbons (Fsp3) is 0.560. The van der Waals surface area contributed by atoms with Crippen molar-refractivity contribution in [3.63, 3.8) is 0 Å². The normalized spacial score (nSPS) is 23.5. The van der Waals surface area contributed by atoms with Crippen LogP contribution in [-0.2, 0) is 24.1 Å². The number of esters is 1. The Morgan fingerprint density at radius 2 is 2.12 bits per heavy atom. The van der Waals surface area contributed by atoms with Gasteiger partial charge in [-0.05, 0) is 68.3 Å². The summed E-state index contributed by atoms with van der Waals surface area (Å²) in [7, 11) is 0. The first-order valence-corrected chi connectivity index (χ1v) is 13.3. The second kappa shape index (κ2) is 9.22. The topological polar surface area (TPSA) is 63.6 Å². The molecule has 2 aliphatic heterocycles. The van der Waals surface area contributed by atoms with Crippen LogP contribution in [0.15, 0.2) is 23.0 Å². The molecule has 2 bridgehead atoms. The van der Waals surface area contributed by atoms with E-state index in [0.29, 0.717) is 29.1 Å². The number of anilines is 1. The molecule has 3 aliphatic rings. The van der Waals surface area contributed by atoms with E-state index in [0.717, 1.165) is 68.0 Å². The SMILES string of the molecule is CCOC(=O)c1c(NC(=S)N2C[C@@H]3C[C@@H](C2)c2cccc(=O)n2C3)sc2c1CC[C@@H](CC)C2. The predicted octanol–water partition coefficient (Wildman–Crippen LogP) is 4.42. The Bertz CT molecular complexity index is 1140. The lowest BCUT2D eigenvalue weighted by Gasteiger charge is -2.43. The molecule has 0 aromatic carbocycles. The van der Waals surface area contributed by atoms with Gasteiger partial charge in [0.05, 0.1) is 12.2 Å². The Morgan fingerprint density at radius 3 is 2.91 bits per heavy atom. The Balaban J connectivity index is 1.38. The summed E-state index contributed by atoms with van der Waals surface area (Å²) < 4.78 is 7.36. The molecular weight excluding hydrogens is 454 g/mol. The van der Waals surface area contributed by atoms with Crippen molar-refractivity contribution in [1.82, 2.24) is 9.47 Å². The number of thiophene rings is 1. The van der Waals surface area contributed by atoms with E-state index in [9.17, 15) is 9.59 Å². The van der Waals surface area contributed by atoms with Crippen LogP contribution in [0.2, 0.25) is 0 Å². The first-order chi connectivity index (χ1) is 16.0. The highest BCUT2D eigenvalue weighted by atomic mass is 32.1. The van der Waals surface area contributed by atoms with Gasteiger partial charge in [-0.15, -0.1) is 11.3 Å². The van der Waals surface area contributed by atoms with E-state index in [1.807, 2.05) is 17.6 Å². The molecule has 2 aromatic heterocycles. The van der Waals surface area contributed by atoms with E-state index in [4.69, 9.17) is 17.0 Å². The van der Waals surface area contributed by atoms with Gasteiger partial charge in [0, 0.05) is 42.2 Å². The number of carbonyl (C=O) groups is 1. The Hall–Kier alpha value is -2.19. The van der Waals surface area contributed by atoms with E-state index in [-0.39, 0.29) is 17.4 Å². The lowest BCUT2D eigenvalue weighted by atomic mass is 9.83. The van der Waals surface area contributed by atoms with Crippen LogP contribution < -0.4 is 10.9 Å². The molecule has 1 saturated heterocycles. The number of nitrogens with zero attached hydrogens (tertiary/aromatic N) is 2. The van der Waals surface area contributed by atoms with E-state index >= 15 is 0 Å². The summed E-state index contributed by atoms with van der Waals surface area (Å²) in [5, 5.41) is 4.93. The number of hydrogen-bond donors (Lipinski definition) is 1. The molecular formula is C25H31N3O3S2. The number of pyridine rings is 1. The Morgan fingerprint density at radius 1 is 1.27 bits per heavy atom. The second-order valence-electron chi connectivity index (χ2n) is 9.48. The monoisotopic (exact) mass is 485 g/mol. The van der Waals surface area contributed by atoms with Crippen molar-refractivity contribution in [3.8, 4) is 0 Å². The third-order valence-electron chi connectivity index (χ3n) is 7.41. The zero-order valence-electron chi connectivity index (χ0n) is 19.3. The molecule has 0 amide bonds. The molecule has 6 nitrogen and oxygen atoms in total. The quantitative estimate of drug-likeness (QED) is 0.511. The van der Waals surface area contributed by atoms with Gasteiger partial charge in [0.25, 0.3) is 5.56 Å². The zero-order valence-corrected chi connectivity index (χ0v) is 20.9. The highest BCUT2D eigenvalue weighted by molar-refractivity contribution is 7.80. The van der Waals surface area contributed by atoms with E-state index < -0.39 is 0 Å². The van der Waals surface area contributed by atoms with Crippen LogP contribution in [0.1, 0.15) is 65.5 Å². The second-order valence-corrected chi connectivity index (χ2v) is 11.0. The van der Waals surface area contributed by atoms with Gasteiger partial charge in [-0.2, -0.15) is 0 Å². The summed E-state index contributed by atoms with van der Waals surface area (Å²) in [4.78, 5) is 28.7. The highest BCUT2D eigenvalue weighted by Crippen LogP contribution is 2.41. The minimum atomic E-state index is -0.251. The summed E-state index contributed by atoms with van der Waals surface area (Å²) in [6.07, 6.45) is 5.31. The molecule has 0 unspecified atom stereocenters. The van der Waals surface area contributed by atoms with Gasteiger partial charge < -0.3 is 19.5 Å². The van der Waals surface area contributed by atoms with Gasteiger partial charge in [0.15, 0.2) is 5.11 Å². The minimum absolute atomic E-state index is 0.0879. The number of likely N-dealkylation sites (tertiary alicyclic amines) is 1. The number of hydrogen-bond acceptors (Lipinski definition) is 5. The van der Waals surface area contributed by atoms with Crippen molar-refractivity contribution >= 4 is 39.6 Å². The number of fused-ring (bicyclic) bond motifs is 5. The predicted molar refractivity (Wildman–Crippen MR) is 135 cm³/mol. The van der Waals surface area contributed by atoms with Crippen molar-refractivity contribution in [3.05, 3.63) is 50.3 Å². The maximum absolute atomic E-state index is 12.9. The molecule has 1 fully saturated rings. The number of piperidine rings is 1. The maximum Gasteiger partial charge on any atom is 0.341 e. The van der Waals surface area contributed by atoms with Crippen molar-refractivity contribution in [2.24, 2.45) is 11.8 Å². The number of rotatable bonds is 4. The van der Waals surface area contributed by atoms with Crippen LogP contribution >= 0.6 is 23.6 Å². The number of ether oxygens (including phenoxy) is 1. The van der Waals surface area contributed by atoms with Gasteiger partial charge in [0.2, 0.25) is 0 Å². The number of thiocarbonyl (C=S) groups is 1. The minimum Gasteiger partial charge on any atom is -0.462 e. The van der Waals surface area contributed by atoms with Crippen LogP contribution in [0.25, 0.3) is 0 Å². The van der Waals surface area contributed by atoms with Gasteiger partial charge >= 0.3 is 5.97 Å². The lowest BCUT2D eigenvalue weighted by Crippen LogP contribution is -2.50. The van der Waals surface area contributed by atoms with Crippen LogP contribution in [-0.4, -0.2) is 40.2 Å². The van der Waals surface area contributed by atoms with Gasteiger partial charge in [-0.25, -0.2) is 4.79 Å². The molecule has 2 aromatic rings. The average molecular weight is 486 g/mol. The van der Waals surface area contributed by atoms with Gasteiger partial charge in [0.1, 0.15) is 5.00 Å². The third-order valence-corrected chi connectivity index (χ3v) is 8.94. The molecule has 1 N–H and O–H groups in total. The number of carbonyl (C=O) groups excluding carboxylic acids is 1. The zero-order chi connectivity index (χ0) is 23.1. The fourth-order valence-corrected chi connectivity index (χ4v) is 7.41. The maximum atomic E-state index is 12.9. The van der Waals surface area contributed by atoms with Gasteiger partial charge in [-0.1, -0.05) is 19.4 Å². The van der Waals surface area contributed by atoms with E-state index in [2.05, 4.69) is 23.2 Å². The van der Waals surface area contributed by atoms with E-state index in [1.165, 1.54) is 4.88 Å². The molecule has 0 saturated carbocycles. The van der Waals surface area contributed by atoms with Crippen LogP contribution in [0, 0.1) is 11.8 Å². The molecule has 0 radical (unpaired) electrons. The van der Waals surface area contributed by atoms with Crippen molar-refractivity contribution < 1.29 is 9.53 Å². The van der Waals surface area contributed by atoms with Crippen LogP contribution in [0.3, 0.4) is 0 Å². The lowest BCUT2D eigenvalue weighted by molar-refractivity contribution is 0.0526. The van der Waals surface area contributed by atoms with Crippen LogP contribution in [0.5, 0.6) is 0 Å².